The van der Waals surface area contributed by atoms with Gasteiger partial charge in [-0.3, -0.25) is 14.5 Å². The van der Waals surface area contributed by atoms with Crippen LogP contribution >= 0.6 is 0 Å². The molecule has 0 saturated carbocycles. The van der Waals surface area contributed by atoms with Crippen LogP contribution in [-0.4, -0.2) is 54.1 Å². The second-order valence-electron chi connectivity index (χ2n) is 8.71. The van der Waals surface area contributed by atoms with Gasteiger partial charge in [-0.05, 0) is 49.7 Å². The third kappa shape index (κ3) is 6.15. The quantitative estimate of drug-likeness (QED) is 0.516. The molecule has 0 aliphatic carbocycles. The maximum Gasteiger partial charge on any atom is 0.253 e. The first-order chi connectivity index (χ1) is 16.9. The first-order valence-electron chi connectivity index (χ1n) is 11.8. The van der Waals surface area contributed by atoms with Crippen LogP contribution < -0.4 is 10.6 Å². The monoisotopic (exact) mass is 478 g/mol. The van der Waals surface area contributed by atoms with Crippen molar-refractivity contribution in [1.29, 1.82) is 0 Å². The number of amides is 2. The molecule has 1 aliphatic rings. The number of halogens is 1. The minimum atomic E-state index is -0.343. The van der Waals surface area contributed by atoms with Crippen LogP contribution in [0, 0.1) is 19.7 Å². The maximum absolute atomic E-state index is 14.3. The number of aromatic nitrogens is 1. The van der Waals surface area contributed by atoms with Crippen molar-refractivity contribution in [2.24, 2.45) is 0 Å². The second kappa shape index (κ2) is 11.3. The van der Waals surface area contributed by atoms with E-state index in [1.165, 1.54) is 6.07 Å². The van der Waals surface area contributed by atoms with Crippen molar-refractivity contribution in [3.63, 3.8) is 0 Å². The molecule has 1 aromatic heterocycles. The molecule has 184 valence electrons. The standard InChI is InChI=1S/C27H31FN4O3/c1-19-16-23(20(2)32(19)25-9-4-3-8-24(25)28)27(34)29-18-21-6-5-7-22(17-21)30-26(33)10-11-31-12-14-35-15-13-31/h3-9,16-17H,10-15,18H2,1-2H3,(H,29,34)(H,30,33). The summed E-state index contributed by atoms with van der Waals surface area (Å²) in [6.07, 6.45) is 0.415. The molecule has 2 heterocycles. The molecule has 2 amide bonds. The van der Waals surface area contributed by atoms with E-state index in [9.17, 15) is 14.0 Å². The van der Waals surface area contributed by atoms with E-state index < -0.39 is 0 Å². The Morgan fingerprint density at radius 3 is 2.57 bits per heavy atom. The lowest BCUT2D eigenvalue weighted by molar-refractivity contribution is -0.116. The van der Waals surface area contributed by atoms with Crippen LogP contribution in [0.1, 0.15) is 33.7 Å². The van der Waals surface area contributed by atoms with Gasteiger partial charge in [0.2, 0.25) is 5.91 Å². The lowest BCUT2D eigenvalue weighted by Crippen LogP contribution is -2.38. The van der Waals surface area contributed by atoms with Gasteiger partial charge in [0.15, 0.2) is 0 Å². The number of aryl methyl sites for hydroxylation is 1. The Hall–Kier alpha value is -3.49. The summed E-state index contributed by atoms with van der Waals surface area (Å²) in [6, 6.07) is 15.7. The van der Waals surface area contributed by atoms with Crippen LogP contribution in [0.25, 0.3) is 5.69 Å². The summed E-state index contributed by atoms with van der Waals surface area (Å²) in [7, 11) is 0. The lowest BCUT2D eigenvalue weighted by atomic mass is 10.1. The zero-order valence-electron chi connectivity index (χ0n) is 20.1. The number of nitrogens with one attached hydrogen (secondary N) is 2. The maximum atomic E-state index is 14.3. The number of para-hydroxylation sites is 1. The minimum absolute atomic E-state index is 0.0433. The van der Waals surface area contributed by atoms with Crippen LogP contribution in [0.5, 0.6) is 0 Å². The number of rotatable bonds is 8. The summed E-state index contributed by atoms with van der Waals surface area (Å²) in [5, 5.41) is 5.87. The Labute approximate surface area is 204 Å². The molecule has 3 aromatic rings. The van der Waals surface area contributed by atoms with E-state index in [4.69, 9.17) is 4.74 Å². The molecule has 2 N–H and O–H groups in total. The normalized spacial score (nSPS) is 14.0. The molecule has 1 saturated heterocycles. The average molecular weight is 479 g/mol. The summed E-state index contributed by atoms with van der Waals surface area (Å²) in [6.45, 7) is 7.79. The molecule has 0 unspecified atom stereocenters. The molecule has 0 spiro atoms. The van der Waals surface area contributed by atoms with Crippen LogP contribution in [0.15, 0.2) is 54.6 Å². The number of carbonyl (C=O) groups excluding carboxylic acids is 2. The summed E-state index contributed by atoms with van der Waals surface area (Å²) in [5.41, 5.74) is 3.93. The lowest BCUT2D eigenvalue weighted by Gasteiger charge is -2.26. The third-order valence-corrected chi connectivity index (χ3v) is 6.19. The van der Waals surface area contributed by atoms with E-state index in [0.29, 0.717) is 55.4 Å². The highest BCUT2D eigenvalue weighted by Crippen LogP contribution is 2.23. The number of carbonyl (C=O) groups is 2. The second-order valence-corrected chi connectivity index (χ2v) is 8.71. The molecule has 4 rings (SSSR count). The Kier molecular flexibility index (Phi) is 7.94. The first kappa shape index (κ1) is 24.6. The number of nitrogens with zero attached hydrogens (tertiary/aromatic N) is 2. The van der Waals surface area contributed by atoms with Gasteiger partial charge in [-0.2, -0.15) is 0 Å². The molecule has 35 heavy (non-hydrogen) atoms. The van der Waals surface area contributed by atoms with Gasteiger partial charge >= 0.3 is 0 Å². The number of benzene rings is 2. The predicted octanol–water partition coefficient (Wildman–Crippen LogP) is 3.82. The summed E-state index contributed by atoms with van der Waals surface area (Å²) < 4.78 is 21.4. The molecule has 8 heteroatoms. The van der Waals surface area contributed by atoms with E-state index in [-0.39, 0.29) is 17.6 Å². The SMILES string of the molecule is Cc1cc(C(=O)NCc2cccc(NC(=O)CCN3CCOCC3)c2)c(C)n1-c1ccccc1F. The highest BCUT2D eigenvalue weighted by atomic mass is 19.1. The van der Waals surface area contributed by atoms with Gasteiger partial charge < -0.3 is 19.9 Å². The molecule has 1 fully saturated rings. The number of hydrogen-bond acceptors (Lipinski definition) is 4. The predicted molar refractivity (Wildman–Crippen MR) is 133 cm³/mol. The van der Waals surface area contributed by atoms with Crippen molar-refractivity contribution in [3.8, 4) is 5.69 Å². The van der Waals surface area contributed by atoms with Gasteiger partial charge in [-0.1, -0.05) is 24.3 Å². The van der Waals surface area contributed by atoms with Gasteiger partial charge in [0.1, 0.15) is 5.82 Å². The van der Waals surface area contributed by atoms with Crippen LogP contribution in [0.4, 0.5) is 10.1 Å². The van der Waals surface area contributed by atoms with Gasteiger partial charge in [-0.25, -0.2) is 4.39 Å². The Bertz CT molecular complexity index is 1200. The van der Waals surface area contributed by atoms with Crippen LogP contribution in [-0.2, 0) is 16.1 Å². The molecule has 0 radical (unpaired) electrons. The fourth-order valence-electron chi connectivity index (χ4n) is 4.34. The fraction of sp³-hybridized carbons (Fsp3) is 0.333. The van der Waals surface area contributed by atoms with Crippen molar-refractivity contribution in [3.05, 3.63) is 82.9 Å². The Morgan fingerprint density at radius 1 is 1.03 bits per heavy atom. The fourth-order valence-corrected chi connectivity index (χ4v) is 4.34. The highest BCUT2D eigenvalue weighted by Gasteiger charge is 2.18. The zero-order chi connectivity index (χ0) is 24.8. The molecule has 2 aromatic carbocycles. The van der Waals surface area contributed by atoms with E-state index in [2.05, 4.69) is 15.5 Å². The molecule has 0 bridgehead atoms. The number of anilines is 1. The summed E-state index contributed by atoms with van der Waals surface area (Å²) in [5.74, 6) is -0.621. The number of hydrogen-bond donors (Lipinski definition) is 2. The van der Waals surface area contributed by atoms with Gasteiger partial charge in [0, 0.05) is 49.7 Å². The van der Waals surface area contributed by atoms with Gasteiger partial charge in [0.05, 0.1) is 24.5 Å². The molecule has 0 atom stereocenters. The van der Waals surface area contributed by atoms with E-state index >= 15 is 0 Å². The number of ether oxygens (including phenoxy) is 1. The van der Waals surface area contributed by atoms with Crippen molar-refractivity contribution in [1.82, 2.24) is 14.8 Å². The van der Waals surface area contributed by atoms with Crippen LogP contribution in [0.2, 0.25) is 0 Å². The Morgan fingerprint density at radius 2 is 1.80 bits per heavy atom. The van der Waals surface area contributed by atoms with Gasteiger partial charge in [0.25, 0.3) is 5.91 Å². The van der Waals surface area contributed by atoms with Crippen LogP contribution in [0.3, 0.4) is 0 Å². The van der Waals surface area contributed by atoms with Gasteiger partial charge in [-0.15, -0.1) is 0 Å². The highest BCUT2D eigenvalue weighted by molar-refractivity contribution is 5.96. The van der Waals surface area contributed by atoms with Crippen molar-refractivity contribution in [2.45, 2.75) is 26.8 Å². The average Bonchev–Trinajstić information content (AvgIpc) is 3.16. The largest absolute Gasteiger partial charge is 0.379 e. The summed E-state index contributed by atoms with van der Waals surface area (Å²) >= 11 is 0. The third-order valence-electron chi connectivity index (χ3n) is 6.19. The zero-order valence-corrected chi connectivity index (χ0v) is 20.1. The smallest absolute Gasteiger partial charge is 0.253 e. The van der Waals surface area contributed by atoms with E-state index in [1.807, 2.05) is 31.2 Å². The molecule has 7 nitrogen and oxygen atoms in total. The molecule has 1 aliphatic heterocycles. The summed E-state index contributed by atoms with van der Waals surface area (Å²) in [4.78, 5) is 27.5. The number of morpholine rings is 1. The Balaban J connectivity index is 1.35. The topological polar surface area (TPSA) is 75.6 Å². The van der Waals surface area contributed by atoms with E-state index in [0.717, 1.165) is 24.3 Å². The van der Waals surface area contributed by atoms with E-state index in [1.54, 1.807) is 35.8 Å². The van der Waals surface area contributed by atoms with Crippen molar-refractivity contribution in [2.75, 3.05) is 38.2 Å². The molecular formula is C27H31FN4O3. The van der Waals surface area contributed by atoms with Crippen molar-refractivity contribution >= 4 is 17.5 Å². The first-order valence-corrected chi connectivity index (χ1v) is 11.8. The minimum Gasteiger partial charge on any atom is -0.379 e. The molecular weight excluding hydrogens is 447 g/mol. The van der Waals surface area contributed by atoms with Crippen molar-refractivity contribution < 1.29 is 18.7 Å².